The number of rotatable bonds is 1. The molecule has 0 unspecified atom stereocenters. The lowest BCUT2D eigenvalue weighted by atomic mass is 10.1. The first-order valence-corrected chi connectivity index (χ1v) is 5.11. The van der Waals surface area contributed by atoms with Crippen molar-refractivity contribution >= 4 is 28.9 Å². The van der Waals surface area contributed by atoms with Crippen molar-refractivity contribution in [3.63, 3.8) is 0 Å². The molecule has 1 aromatic heterocycles. The quantitative estimate of drug-likeness (QED) is 0.771. The Hall–Kier alpha value is -1.25. The van der Waals surface area contributed by atoms with Crippen LogP contribution in [0.5, 0.6) is 0 Å². The van der Waals surface area contributed by atoms with Gasteiger partial charge in [-0.25, -0.2) is 4.98 Å². The Morgan fingerprint density at radius 3 is 2.33 bits per heavy atom. The average Bonchev–Trinajstić information content (AvgIpc) is 2.26. The lowest BCUT2D eigenvalue weighted by Gasteiger charge is -2.05. The molecule has 0 atom stereocenters. The van der Waals surface area contributed by atoms with Gasteiger partial charge in [0.1, 0.15) is 0 Å². The van der Waals surface area contributed by atoms with Crippen LogP contribution in [0, 0.1) is 0 Å². The zero-order chi connectivity index (χ0) is 10.8. The predicted octanol–water partition coefficient (Wildman–Crippen LogP) is 3.64. The molecule has 2 nitrogen and oxygen atoms in total. The Labute approximate surface area is 97.7 Å². The van der Waals surface area contributed by atoms with Crippen LogP contribution in [-0.2, 0) is 0 Å². The fraction of sp³-hybridized carbons (Fsp3) is 0. The van der Waals surface area contributed by atoms with E-state index in [1.165, 1.54) is 0 Å². The van der Waals surface area contributed by atoms with Crippen molar-refractivity contribution in [1.29, 1.82) is 0 Å². The molecule has 76 valence electrons. The normalized spacial score (nSPS) is 10.3. The highest BCUT2D eigenvalue weighted by atomic mass is 35.5. The van der Waals surface area contributed by atoms with Gasteiger partial charge in [0.25, 0.3) is 0 Å². The SMILES string of the molecule is Nc1c(Cl)cc(-c2ccccc2)nc1Cl. The van der Waals surface area contributed by atoms with E-state index in [4.69, 9.17) is 28.9 Å². The zero-order valence-corrected chi connectivity index (χ0v) is 9.26. The molecule has 0 radical (unpaired) electrons. The fourth-order valence-electron chi connectivity index (χ4n) is 1.25. The zero-order valence-electron chi connectivity index (χ0n) is 7.74. The summed E-state index contributed by atoms with van der Waals surface area (Å²) in [7, 11) is 0. The predicted molar refractivity (Wildman–Crippen MR) is 64.1 cm³/mol. The molecule has 0 saturated heterocycles. The number of pyridine rings is 1. The van der Waals surface area contributed by atoms with Gasteiger partial charge in [0.15, 0.2) is 5.15 Å². The second-order valence-electron chi connectivity index (χ2n) is 3.06. The molecule has 2 aromatic rings. The third-order valence-corrected chi connectivity index (χ3v) is 2.63. The summed E-state index contributed by atoms with van der Waals surface area (Å²) in [5, 5.41) is 0.662. The minimum Gasteiger partial charge on any atom is -0.395 e. The molecule has 2 N–H and O–H groups in total. The number of nitrogens with zero attached hydrogens (tertiary/aromatic N) is 1. The molecule has 0 fully saturated rings. The number of hydrogen-bond acceptors (Lipinski definition) is 2. The summed E-state index contributed by atoms with van der Waals surface area (Å²) in [6, 6.07) is 11.4. The van der Waals surface area contributed by atoms with Gasteiger partial charge in [0, 0.05) is 5.56 Å². The summed E-state index contributed by atoms with van der Waals surface area (Å²) >= 11 is 11.8. The van der Waals surface area contributed by atoms with Gasteiger partial charge in [0.05, 0.1) is 16.4 Å². The number of anilines is 1. The van der Waals surface area contributed by atoms with E-state index in [0.717, 1.165) is 11.3 Å². The third-order valence-electron chi connectivity index (χ3n) is 2.03. The molecule has 0 aliphatic heterocycles. The van der Waals surface area contributed by atoms with E-state index in [1.54, 1.807) is 6.07 Å². The number of nitrogens with two attached hydrogens (primary N) is 1. The van der Waals surface area contributed by atoms with Crippen LogP contribution >= 0.6 is 23.2 Å². The molecule has 1 aromatic carbocycles. The average molecular weight is 239 g/mol. The van der Waals surface area contributed by atoms with Gasteiger partial charge in [-0.1, -0.05) is 53.5 Å². The smallest absolute Gasteiger partial charge is 0.154 e. The van der Waals surface area contributed by atoms with Gasteiger partial charge in [-0.05, 0) is 6.07 Å². The van der Waals surface area contributed by atoms with Crippen LogP contribution in [0.1, 0.15) is 0 Å². The topological polar surface area (TPSA) is 38.9 Å². The van der Waals surface area contributed by atoms with Gasteiger partial charge >= 0.3 is 0 Å². The molecule has 0 bridgehead atoms. The summed E-state index contributed by atoms with van der Waals surface area (Å²) in [6.07, 6.45) is 0. The van der Waals surface area contributed by atoms with Crippen molar-refractivity contribution < 1.29 is 0 Å². The third kappa shape index (κ3) is 2.06. The van der Waals surface area contributed by atoms with E-state index in [1.807, 2.05) is 30.3 Å². The molecule has 2 rings (SSSR count). The highest BCUT2D eigenvalue weighted by Gasteiger charge is 2.07. The van der Waals surface area contributed by atoms with Crippen molar-refractivity contribution in [2.75, 3.05) is 5.73 Å². The van der Waals surface area contributed by atoms with Crippen LogP contribution in [0.4, 0.5) is 5.69 Å². The van der Waals surface area contributed by atoms with Crippen LogP contribution in [0.3, 0.4) is 0 Å². The monoisotopic (exact) mass is 238 g/mol. The van der Waals surface area contributed by atoms with Gasteiger partial charge in [-0.2, -0.15) is 0 Å². The highest BCUT2D eigenvalue weighted by Crippen LogP contribution is 2.30. The van der Waals surface area contributed by atoms with Crippen LogP contribution in [0.25, 0.3) is 11.3 Å². The summed E-state index contributed by atoms with van der Waals surface area (Å²) in [5.41, 5.74) is 7.60. The molecule has 4 heteroatoms. The van der Waals surface area contributed by atoms with E-state index in [0.29, 0.717) is 10.7 Å². The fourth-order valence-corrected chi connectivity index (χ4v) is 1.69. The van der Waals surface area contributed by atoms with Crippen molar-refractivity contribution in [2.45, 2.75) is 0 Å². The van der Waals surface area contributed by atoms with Crippen LogP contribution in [-0.4, -0.2) is 4.98 Å². The maximum atomic E-state index is 5.92. The van der Waals surface area contributed by atoms with Gasteiger partial charge in [-0.15, -0.1) is 0 Å². The number of halogens is 2. The summed E-state index contributed by atoms with van der Waals surface area (Å²) in [6.45, 7) is 0. The lowest BCUT2D eigenvalue weighted by molar-refractivity contribution is 1.33. The maximum Gasteiger partial charge on any atom is 0.154 e. The van der Waals surface area contributed by atoms with E-state index in [2.05, 4.69) is 4.98 Å². The van der Waals surface area contributed by atoms with Gasteiger partial charge in [0.2, 0.25) is 0 Å². The van der Waals surface area contributed by atoms with Gasteiger partial charge < -0.3 is 5.73 Å². The number of nitrogen functional groups attached to an aromatic ring is 1. The second kappa shape index (κ2) is 4.09. The molecule has 0 aliphatic rings. The Bertz CT molecular complexity index is 460. The minimum atomic E-state index is 0.237. The highest BCUT2D eigenvalue weighted by molar-refractivity contribution is 6.38. The summed E-state index contributed by atoms with van der Waals surface area (Å²) < 4.78 is 0. The Balaban J connectivity index is 2.56. The first-order chi connectivity index (χ1) is 7.18. The largest absolute Gasteiger partial charge is 0.395 e. The van der Waals surface area contributed by atoms with Crippen LogP contribution < -0.4 is 5.73 Å². The molecule has 0 aliphatic carbocycles. The number of hydrogen-bond donors (Lipinski definition) is 1. The lowest BCUT2D eigenvalue weighted by Crippen LogP contribution is -1.92. The van der Waals surface area contributed by atoms with E-state index in [9.17, 15) is 0 Å². The van der Waals surface area contributed by atoms with E-state index < -0.39 is 0 Å². The Kier molecular flexibility index (Phi) is 2.80. The summed E-state index contributed by atoms with van der Waals surface area (Å²) in [4.78, 5) is 4.16. The first-order valence-electron chi connectivity index (χ1n) is 4.35. The van der Waals surface area contributed by atoms with Crippen LogP contribution in [0.2, 0.25) is 10.2 Å². The number of aromatic nitrogens is 1. The van der Waals surface area contributed by atoms with E-state index >= 15 is 0 Å². The maximum absolute atomic E-state index is 5.92. The minimum absolute atomic E-state index is 0.237. The molecule has 1 heterocycles. The molecule has 0 spiro atoms. The molecule has 0 saturated carbocycles. The van der Waals surface area contributed by atoms with Gasteiger partial charge in [-0.3, -0.25) is 0 Å². The van der Waals surface area contributed by atoms with Crippen molar-refractivity contribution in [2.24, 2.45) is 0 Å². The molecular formula is C11H8Cl2N2. The second-order valence-corrected chi connectivity index (χ2v) is 3.83. The molecule has 0 amide bonds. The van der Waals surface area contributed by atoms with E-state index in [-0.39, 0.29) is 5.15 Å². The Morgan fingerprint density at radius 2 is 1.73 bits per heavy atom. The number of benzene rings is 1. The first kappa shape index (κ1) is 10.3. The Morgan fingerprint density at radius 1 is 1.07 bits per heavy atom. The molecular weight excluding hydrogens is 231 g/mol. The van der Waals surface area contributed by atoms with Crippen molar-refractivity contribution in [1.82, 2.24) is 4.98 Å². The standard InChI is InChI=1S/C11H8Cl2N2/c12-8-6-9(15-11(13)10(8)14)7-4-2-1-3-5-7/h1-6H,14H2. The van der Waals surface area contributed by atoms with Crippen molar-refractivity contribution in [3.05, 3.63) is 46.6 Å². The van der Waals surface area contributed by atoms with Crippen LogP contribution in [0.15, 0.2) is 36.4 Å². The molecule has 15 heavy (non-hydrogen) atoms. The van der Waals surface area contributed by atoms with Crippen molar-refractivity contribution in [3.8, 4) is 11.3 Å². The summed E-state index contributed by atoms with van der Waals surface area (Å²) in [5.74, 6) is 0.